The standard InChI is InChI=1S/C14H22N2O2S/c1-14(2,3)18-13(17)16-9-5-8-15-11-6-4-7-12(19)10-11/h4,6-7,10,15,19H,5,8-9H2,1-3H3,(H,16,17). The number of nitrogens with one attached hydrogen (secondary N) is 2. The second kappa shape index (κ2) is 7.28. The first-order valence-electron chi connectivity index (χ1n) is 6.36. The van der Waals surface area contributed by atoms with Gasteiger partial charge in [0, 0.05) is 23.7 Å². The molecule has 106 valence electrons. The van der Waals surface area contributed by atoms with E-state index >= 15 is 0 Å². The fraction of sp³-hybridized carbons (Fsp3) is 0.500. The summed E-state index contributed by atoms with van der Waals surface area (Å²) in [6, 6.07) is 7.83. The highest BCUT2D eigenvalue weighted by Crippen LogP contribution is 2.13. The topological polar surface area (TPSA) is 50.4 Å². The summed E-state index contributed by atoms with van der Waals surface area (Å²) in [5.41, 5.74) is 0.583. The minimum atomic E-state index is -0.449. The highest BCUT2D eigenvalue weighted by atomic mass is 32.1. The van der Waals surface area contributed by atoms with E-state index in [-0.39, 0.29) is 6.09 Å². The average molecular weight is 282 g/mol. The van der Waals surface area contributed by atoms with E-state index < -0.39 is 5.60 Å². The number of thiol groups is 1. The largest absolute Gasteiger partial charge is 0.444 e. The average Bonchev–Trinajstić information content (AvgIpc) is 2.26. The Morgan fingerprint density at radius 1 is 1.32 bits per heavy atom. The van der Waals surface area contributed by atoms with Crippen molar-refractivity contribution in [1.29, 1.82) is 0 Å². The monoisotopic (exact) mass is 282 g/mol. The van der Waals surface area contributed by atoms with Crippen LogP contribution < -0.4 is 10.6 Å². The first-order valence-corrected chi connectivity index (χ1v) is 6.81. The molecule has 0 aromatic heterocycles. The van der Waals surface area contributed by atoms with Crippen LogP contribution in [0.1, 0.15) is 27.2 Å². The van der Waals surface area contributed by atoms with Crippen LogP contribution in [0.2, 0.25) is 0 Å². The molecule has 0 heterocycles. The smallest absolute Gasteiger partial charge is 0.407 e. The van der Waals surface area contributed by atoms with Gasteiger partial charge in [-0.15, -0.1) is 12.6 Å². The SMILES string of the molecule is CC(C)(C)OC(=O)NCCCNc1cccc(S)c1. The molecule has 19 heavy (non-hydrogen) atoms. The Bertz CT molecular complexity index is 416. The number of benzene rings is 1. The lowest BCUT2D eigenvalue weighted by Crippen LogP contribution is -2.33. The molecule has 5 heteroatoms. The molecule has 0 saturated heterocycles. The number of hydrogen-bond donors (Lipinski definition) is 3. The number of anilines is 1. The molecule has 0 aliphatic carbocycles. The number of amides is 1. The van der Waals surface area contributed by atoms with Crippen LogP contribution in [0, 0.1) is 0 Å². The number of hydrogen-bond acceptors (Lipinski definition) is 4. The van der Waals surface area contributed by atoms with Crippen molar-refractivity contribution in [3.63, 3.8) is 0 Å². The molecule has 2 N–H and O–H groups in total. The molecule has 0 saturated carbocycles. The van der Waals surface area contributed by atoms with E-state index in [1.165, 1.54) is 0 Å². The summed E-state index contributed by atoms with van der Waals surface area (Å²) in [7, 11) is 0. The number of alkyl carbamates (subject to hydrolysis) is 1. The van der Waals surface area contributed by atoms with E-state index in [1.54, 1.807) is 0 Å². The maximum atomic E-state index is 11.4. The van der Waals surface area contributed by atoms with Crippen molar-refractivity contribution in [1.82, 2.24) is 5.32 Å². The molecule has 0 unspecified atom stereocenters. The van der Waals surface area contributed by atoms with Crippen LogP contribution in [0.4, 0.5) is 10.5 Å². The lowest BCUT2D eigenvalue weighted by molar-refractivity contribution is 0.0528. The Labute approximate surface area is 120 Å². The summed E-state index contributed by atoms with van der Waals surface area (Å²) in [5, 5.41) is 5.99. The molecule has 0 atom stereocenters. The van der Waals surface area contributed by atoms with E-state index in [9.17, 15) is 4.79 Å². The zero-order valence-corrected chi connectivity index (χ0v) is 12.6. The Balaban J connectivity index is 2.13. The van der Waals surface area contributed by atoms with Gasteiger partial charge < -0.3 is 15.4 Å². The van der Waals surface area contributed by atoms with Crippen LogP contribution in [0.3, 0.4) is 0 Å². The van der Waals surface area contributed by atoms with Crippen LogP contribution in [0.15, 0.2) is 29.2 Å². The number of carbonyl (C=O) groups excluding carboxylic acids is 1. The summed E-state index contributed by atoms with van der Waals surface area (Å²) in [6.07, 6.45) is 0.459. The Hall–Kier alpha value is -1.36. The summed E-state index contributed by atoms with van der Waals surface area (Å²) in [4.78, 5) is 12.3. The third kappa shape index (κ3) is 7.62. The fourth-order valence-corrected chi connectivity index (χ4v) is 1.67. The van der Waals surface area contributed by atoms with E-state index in [1.807, 2.05) is 45.0 Å². The van der Waals surface area contributed by atoms with Gasteiger partial charge in [0.1, 0.15) is 5.60 Å². The third-order valence-corrected chi connectivity index (χ3v) is 2.48. The quantitative estimate of drug-likeness (QED) is 0.573. The normalized spacial score (nSPS) is 10.9. The maximum absolute atomic E-state index is 11.4. The summed E-state index contributed by atoms with van der Waals surface area (Å²) in [6.45, 7) is 6.91. The molecular formula is C14H22N2O2S. The van der Waals surface area contributed by atoms with Gasteiger partial charge in [-0.1, -0.05) is 6.07 Å². The zero-order chi connectivity index (χ0) is 14.3. The molecule has 0 radical (unpaired) electrons. The third-order valence-electron chi connectivity index (χ3n) is 2.20. The van der Waals surface area contributed by atoms with E-state index in [4.69, 9.17) is 4.74 Å². The molecule has 0 aliphatic heterocycles. The predicted molar refractivity (Wildman–Crippen MR) is 81.0 cm³/mol. The lowest BCUT2D eigenvalue weighted by atomic mass is 10.2. The van der Waals surface area contributed by atoms with Crippen LogP contribution in [-0.4, -0.2) is 24.8 Å². The minimum Gasteiger partial charge on any atom is -0.444 e. The first kappa shape index (κ1) is 15.7. The zero-order valence-electron chi connectivity index (χ0n) is 11.7. The molecule has 1 aromatic rings. The van der Waals surface area contributed by atoms with Gasteiger partial charge in [-0.3, -0.25) is 0 Å². The van der Waals surface area contributed by atoms with E-state index in [2.05, 4.69) is 23.3 Å². The van der Waals surface area contributed by atoms with Crippen LogP contribution in [-0.2, 0) is 4.74 Å². The van der Waals surface area contributed by atoms with Gasteiger partial charge in [0.25, 0.3) is 0 Å². The lowest BCUT2D eigenvalue weighted by Gasteiger charge is -2.19. The van der Waals surface area contributed by atoms with Crippen molar-refractivity contribution in [2.24, 2.45) is 0 Å². The maximum Gasteiger partial charge on any atom is 0.407 e. The van der Waals surface area contributed by atoms with Gasteiger partial charge in [-0.05, 0) is 45.4 Å². The Morgan fingerprint density at radius 2 is 2.05 bits per heavy atom. The Kier molecular flexibility index (Phi) is 6.02. The predicted octanol–water partition coefficient (Wildman–Crippen LogP) is 3.30. The van der Waals surface area contributed by atoms with Gasteiger partial charge in [-0.25, -0.2) is 4.79 Å². The van der Waals surface area contributed by atoms with Crippen molar-refractivity contribution >= 4 is 24.4 Å². The van der Waals surface area contributed by atoms with Crippen LogP contribution in [0.5, 0.6) is 0 Å². The van der Waals surface area contributed by atoms with Gasteiger partial charge in [0.15, 0.2) is 0 Å². The van der Waals surface area contributed by atoms with Crippen molar-refractivity contribution in [2.75, 3.05) is 18.4 Å². The Morgan fingerprint density at radius 3 is 2.68 bits per heavy atom. The summed E-state index contributed by atoms with van der Waals surface area (Å²) in [5.74, 6) is 0. The number of rotatable bonds is 5. The van der Waals surface area contributed by atoms with Gasteiger partial charge in [0.2, 0.25) is 0 Å². The van der Waals surface area contributed by atoms with Crippen molar-refractivity contribution in [2.45, 2.75) is 37.7 Å². The highest BCUT2D eigenvalue weighted by Gasteiger charge is 2.15. The molecule has 1 rings (SSSR count). The second-order valence-electron chi connectivity index (χ2n) is 5.26. The van der Waals surface area contributed by atoms with Gasteiger partial charge >= 0.3 is 6.09 Å². The molecule has 4 nitrogen and oxygen atoms in total. The number of ether oxygens (including phenoxy) is 1. The summed E-state index contributed by atoms with van der Waals surface area (Å²) < 4.78 is 5.14. The summed E-state index contributed by atoms with van der Waals surface area (Å²) >= 11 is 4.27. The van der Waals surface area contributed by atoms with Crippen LogP contribution >= 0.6 is 12.6 Å². The molecule has 0 bridgehead atoms. The fourth-order valence-electron chi connectivity index (χ4n) is 1.44. The highest BCUT2D eigenvalue weighted by molar-refractivity contribution is 7.80. The van der Waals surface area contributed by atoms with E-state index in [0.717, 1.165) is 23.5 Å². The number of carbonyl (C=O) groups is 1. The van der Waals surface area contributed by atoms with Crippen molar-refractivity contribution in [3.05, 3.63) is 24.3 Å². The molecule has 0 fully saturated rings. The van der Waals surface area contributed by atoms with Crippen molar-refractivity contribution < 1.29 is 9.53 Å². The second-order valence-corrected chi connectivity index (χ2v) is 5.78. The minimum absolute atomic E-state index is 0.371. The molecule has 0 aliphatic rings. The van der Waals surface area contributed by atoms with Crippen LogP contribution in [0.25, 0.3) is 0 Å². The molecule has 1 amide bonds. The van der Waals surface area contributed by atoms with Gasteiger partial charge in [-0.2, -0.15) is 0 Å². The van der Waals surface area contributed by atoms with Crippen molar-refractivity contribution in [3.8, 4) is 0 Å². The van der Waals surface area contributed by atoms with Gasteiger partial charge in [0.05, 0.1) is 0 Å². The molecule has 1 aromatic carbocycles. The first-order chi connectivity index (χ1) is 8.87. The molecule has 0 spiro atoms. The van der Waals surface area contributed by atoms with E-state index in [0.29, 0.717) is 6.54 Å². The molecular weight excluding hydrogens is 260 g/mol.